The highest BCUT2D eigenvalue weighted by molar-refractivity contribution is 6.30. The van der Waals surface area contributed by atoms with Crippen LogP contribution >= 0.6 is 11.6 Å². The van der Waals surface area contributed by atoms with Crippen molar-refractivity contribution < 1.29 is 14.4 Å². The van der Waals surface area contributed by atoms with Crippen molar-refractivity contribution in [3.8, 4) is 6.07 Å². The molecule has 0 atom stereocenters. The molecule has 0 radical (unpaired) electrons. The predicted octanol–water partition coefficient (Wildman–Crippen LogP) is 2.65. The summed E-state index contributed by atoms with van der Waals surface area (Å²) in [5.41, 5.74) is 2.73. The maximum Gasteiger partial charge on any atom is 0.376 e. The molecular formula is C12H11ClN2O3. The van der Waals surface area contributed by atoms with Crippen LogP contribution in [0.1, 0.15) is 6.92 Å². The number of halogens is 1. The van der Waals surface area contributed by atoms with E-state index in [2.05, 4.69) is 5.48 Å². The largest absolute Gasteiger partial charge is 0.500 e. The first kappa shape index (κ1) is 13.9. The highest BCUT2D eigenvalue weighted by Gasteiger charge is 2.11. The number of nitrogens with one attached hydrogen (secondary N) is 1. The molecule has 0 aromatic heterocycles. The molecule has 0 spiro atoms. The maximum atomic E-state index is 11.4. The maximum absolute atomic E-state index is 11.4. The topological polar surface area (TPSA) is 71.3 Å². The van der Waals surface area contributed by atoms with Gasteiger partial charge in [0.25, 0.3) is 0 Å². The Balaban J connectivity index is 2.55. The van der Waals surface area contributed by atoms with E-state index in [0.717, 1.165) is 6.26 Å². The van der Waals surface area contributed by atoms with Gasteiger partial charge in [0.2, 0.25) is 0 Å². The minimum Gasteiger partial charge on any atom is -0.500 e. The van der Waals surface area contributed by atoms with Gasteiger partial charge in [0.1, 0.15) is 12.3 Å². The van der Waals surface area contributed by atoms with E-state index in [1.54, 1.807) is 37.3 Å². The number of ether oxygens (including phenoxy) is 1. The molecule has 0 amide bonds. The van der Waals surface area contributed by atoms with Gasteiger partial charge in [0, 0.05) is 5.02 Å². The van der Waals surface area contributed by atoms with Crippen molar-refractivity contribution in [2.75, 3.05) is 12.1 Å². The molecule has 5 nitrogen and oxygen atoms in total. The van der Waals surface area contributed by atoms with Crippen LogP contribution in [-0.4, -0.2) is 12.6 Å². The number of benzene rings is 1. The highest BCUT2D eigenvalue weighted by atomic mass is 35.5. The summed E-state index contributed by atoms with van der Waals surface area (Å²) in [5, 5.41) is 9.28. The van der Waals surface area contributed by atoms with Crippen LogP contribution in [-0.2, 0) is 14.4 Å². The Morgan fingerprint density at radius 1 is 1.50 bits per heavy atom. The van der Waals surface area contributed by atoms with Crippen LogP contribution in [0.5, 0.6) is 0 Å². The standard InChI is InChI=1S/C12H11ClN2O3/c1-2-17-8-9(7-14)12(16)18-15-11-5-3-10(13)4-6-11/h3-6,8,15H,2H2,1H3. The molecule has 0 unspecified atom stereocenters. The number of nitriles is 1. The van der Waals surface area contributed by atoms with E-state index in [0.29, 0.717) is 17.3 Å². The van der Waals surface area contributed by atoms with E-state index in [4.69, 9.17) is 26.4 Å². The van der Waals surface area contributed by atoms with Crippen molar-refractivity contribution in [3.05, 3.63) is 41.1 Å². The second kappa shape index (κ2) is 7.20. The summed E-state index contributed by atoms with van der Waals surface area (Å²) in [6.07, 6.45) is 1.06. The van der Waals surface area contributed by atoms with Crippen LogP contribution in [0.4, 0.5) is 5.69 Å². The van der Waals surface area contributed by atoms with Gasteiger partial charge in [-0.3, -0.25) is 0 Å². The Labute approximate surface area is 110 Å². The van der Waals surface area contributed by atoms with Crippen molar-refractivity contribution in [2.24, 2.45) is 0 Å². The first-order chi connectivity index (χ1) is 8.67. The zero-order valence-electron chi connectivity index (χ0n) is 9.64. The van der Waals surface area contributed by atoms with E-state index in [1.807, 2.05) is 0 Å². The second-order valence-electron chi connectivity index (χ2n) is 3.10. The molecule has 0 fully saturated rings. The Kier molecular flexibility index (Phi) is 5.55. The van der Waals surface area contributed by atoms with Gasteiger partial charge in [0.15, 0.2) is 5.57 Å². The number of hydrogen-bond donors (Lipinski definition) is 1. The molecule has 0 aliphatic carbocycles. The molecule has 1 aromatic carbocycles. The summed E-state index contributed by atoms with van der Waals surface area (Å²) in [6.45, 7) is 2.10. The fourth-order valence-electron chi connectivity index (χ4n) is 0.965. The van der Waals surface area contributed by atoms with Gasteiger partial charge in [-0.15, -0.1) is 0 Å². The van der Waals surface area contributed by atoms with Crippen LogP contribution in [0.2, 0.25) is 5.02 Å². The summed E-state index contributed by atoms with van der Waals surface area (Å²) in [6, 6.07) is 8.22. The third-order valence-corrected chi connectivity index (χ3v) is 2.07. The average Bonchev–Trinajstić information content (AvgIpc) is 2.39. The summed E-state index contributed by atoms with van der Waals surface area (Å²) < 4.78 is 4.84. The van der Waals surface area contributed by atoms with Crippen molar-refractivity contribution in [1.82, 2.24) is 0 Å². The van der Waals surface area contributed by atoms with Gasteiger partial charge >= 0.3 is 5.97 Å². The average molecular weight is 267 g/mol. The summed E-state index contributed by atoms with van der Waals surface area (Å²) in [4.78, 5) is 16.2. The first-order valence-electron chi connectivity index (χ1n) is 5.12. The molecule has 1 N–H and O–H groups in total. The number of rotatable bonds is 5. The van der Waals surface area contributed by atoms with Crippen LogP contribution in [0, 0.1) is 11.3 Å². The monoisotopic (exact) mass is 266 g/mol. The van der Waals surface area contributed by atoms with Gasteiger partial charge in [-0.05, 0) is 31.2 Å². The lowest BCUT2D eigenvalue weighted by atomic mass is 10.3. The normalized spacial score (nSPS) is 10.4. The van der Waals surface area contributed by atoms with Crippen molar-refractivity contribution in [2.45, 2.75) is 6.92 Å². The van der Waals surface area contributed by atoms with Gasteiger partial charge in [-0.2, -0.15) is 5.26 Å². The molecule has 18 heavy (non-hydrogen) atoms. The lowest BCUT2D eigenvalue weighted by molar-refractivity contribution is -0.135. The van der Waals surface area contributed by atoms with Gasteiger partial charge < -0.3 is 9.57 Å². The van der Waals surface area contributed by atoms with Crippen LogP contribution in [0.25, 0.3) is 0 Å². The van der Waals surface area contributed by atoms with E-state index >= 15 is 0 Å². The molecule has 94 valence electrons. The summed E-state index contributed by atoms with van der Waals surface area (Å²) in [7, 11) is 0. The molecule has 6 heteroatoms. The first-order valence-corrected chi connectivity index (χ1v) is 5.49. The Hall–Kier alpha value is -2.19. The van der Waals surface area contributed by atoms with E-state index < -0.39 is 5.97 Å². The zero-order chi connectivity index (χ0) is 13.4. The number of carbonyl (C=O) groups is 1. The molecule has 0 aliphatic heterocycles. The Bertz CT molecular complexity index is 477. The van der Waals surface area contributed by atoms with Gasteiger partial charge in [0.05, 0.1) is 12.3 Å². The van der Waals surface area contributed by atoms with Gasteiger partial charge in [-0.25, -0.2) is 10.3 Å². The van der Waals surface area contributed by atoms with E-state index in [1.165, 1.54) is 0 Å². The molecule has 1 rings (SSSR count). The predicted molar refractivity (Wildman–Crippen MR) is 66.5 cm³/mol. The van der Waals surface area contributed by atoms with Crippen LogP contribution in [0.15, 0.2) is 36.1 Å². The number of anilines is 1. The third kappa shape index (κ3) is 4.36. The molecule has 0 saturated carbocycles. The lowest BCUT2D eigenvalue weighted by Gasteiger charge is -2.05. The van der Waals surface area contributed by atoms with E-state index in [9.17, 15) is 4.79 Å². The fourth-order valence-corrected chi connectivity index (χ4v) is 1.09. The van der Waals surface area contributed by atoms with Crippen molar-refractivity contribution >= 4 is 23.3 Å². The molecular weight excluding hydrogens is 256 g/mol. The summed E-state index contributed by atoms with van der Waals surface area (Å²) >= 11 is 5.70. The Morgan fingerprint density at radius 2 is 2.17 bits per heavy atom. The number of carbonyl (C=O) groups excluding carboxylic acids is 1. The third-order valence-electron chi connectivity index (χ3n) is 1.81. The highest BCUT2D eigenvalue weighted by Crippen LogP contribution is 2.13. The van der Waals surface area contributed by atoms with E-state index in [-0.39, 0.29) is 5.57 Å². The quantitative estimate of drug-likeness (QED) is 0.384. The molecule has 0 saturated heterocycles. The second-order valence-corrected chi connectivity index (χ2v) is 3.53. The Morgan fingerprint density at radius 3 is 2.72 bits per heavy atom. The smallest absolute Gasteiger partial charge is 0.376 e. The van der Waals surface area contributed by atoms with Crippen molar-refractivity contribution in [3.63, 3.8) is 0 Å². The lowest BCUT2D eigenvalue weighted by Crippen LogP contribution is -2.12. The number of nitrogens with zero attached hydrogens (tertiary/aromatic N) is 1. The van der Waals surface area contributed by atoms with Crippen LogP contribution < -0.4 is 5.48 Å². The molecule has 0 bridgehead atoms. The molecule has 0 aliphatic rings. The molecule has 1 aromatic rings. The number of hydrogen-bond acceptors (Lipinski definition) is 5. The molecule has 0 heterocycles. The zero-order valence-corrected chi connectivity index (χ0v) is 10.4. The van der Waals surface area contributed by atoms with Gasteiger partial charge in [-0.1, -0.05) is 11.6 Å². The van der Waals surface area contributed by atoms with Crippen LogP contribution in [0.3, 0.4) is 0 Å². The fraction of sp³-hybridized carbons (Fsp3) is 0.167. The van der Waals surface area contributed by atoms with Crippen molar-refractivity contribution in [1.29, 1.82) is 5.26 Å². The minimum absolute atomic E-state index is 0.224. The summed E-state index contributed by atoms with van der Waals surface area (Å²) in [5.74, 6) is -0.819. The minimum atomic E-state index is -0.819. The SMILES string of the molecule is CCOC=C(C#N)C(=O)ONc1ccc(Cl)cc1.